The van der Waals surface area contributed by atoms with Gasteiger partial charge in [-0.1, -0.05) is 13.8 Å². The molecule has 2 unspecified atom stereocenters. The van der Waals surface area contributed by atoms with E-state index in [1.54, 1.807) is 0 Å². The molecule has 2 fully saturated rings. The highest BCUT2D eigenvalue weighted by Gasteiger charge is 2.35. The monoisotopic (exact) mass is 282 g/mol. The molecule has 2 rings (SSSR count). The maximum absolute atomic E-state index is 12.6. The molecule has 2 aliphatic rings. The van der Waals surface area contributed by atoms with Crippen molar-refractivity contribution in [2.24, 2.45) is 5.92 Å². The number of ether oxygens (including phenoxy) is 1. The van der Waals surface area contributed by atoms with Gasteiger partial charge in [0, 0.05) is 38.2 Å². The van der Waals surface area contributed by atoms with Crippen molar-refractivity contribution in [3.8, 4) is 0 Å². The zero-order valence-corrected chi connectivity index (χ0v) is 13.2. The Kier molecular flexibility index (Phi) is 5.85. The van der Waals surface area contributed by atoms with E-state index < -0.39 is 0 Å². The molecule has 1 aliphatic carbocycles. The molecule has 0 spiro atoms. The Bertz CT molecular complexity index is 316. The first kappa shape index (κ1) is 15.8. The fourth-order valence-corrected chi connectivity index (χ4v) is 3.38. The van der Waals surface area contributed by atoms with Crippen LogP contribution in [0.5, 0.6) is 0 Å². The molecule has 1 heterocycles. The van der Waals surface area contributed by atoms with E-state index in [4.69, 9.17) is 4.74 Å². The van der Waals surface area contributed by atoms with Crippen LogP contribution in [-0.2, 0) is 9.53 Å². The van der Waals surface area contributed by atoms with Crippen LogP contribution in [0.15, 0.2) is 0 Å². The number of carbonyl (C=O) groups is 1. The second kappa shape index (κ2) is 7.41. The highest BCUT2D eigenvalue weighted by molar-refractivity contribution is 5.77. The van der Waals surface area contributed by atoms with E-state index in [-0.39, 0.29) is 0 Å². The van der Waals surface area contributed by atoms with E-state index in [0.717, 1.165) is 51.8 Å². The Morgan fingerprint density at radius 2 is 2.00 bits per heavy atom. The molecule has 0 aromatic rings. The summed E-state index contributed by atoms with van der Waals surface area (Å²) in [6.45, 7) is 9.02. The third kappa shape index (κ3) is 3.73. The molecule has 1 saturated carbocycles. The Morgan fingerprint density at radius 1 is 1.25 bits per heavy atom. The molecular weight excluding hydrogens is 252 g/mol. The quantitative estimate of drug-likeness (QED) is 0.812. The summed E-state index contributed by atoms with van der Waals surface area (Å²) in [4.78, 5) is 14.7. The average Bonchev–Trinajstić information content (AvgIpc) is 2.44. The Balaban J connectivity index is 1.80. The molecule has 0 aromatic carbocycles. The predicted molar refractivity (Wildman–Crippen MR) is 80.6 cm³/mol. The first-order valence-electron chi connectivity index (χ1n) is 8.32. The van der Waals surface area contributed by atoms with E-state index in [2.05, 4.69) is 24.1 Å². The van der Waals surface area contributed by atoms with Crippen LogP contribution < -0.4 is 5.32 Å². The maximum Gasteiger partial charge on any atom is 0.223 e. The number of amides is 1. The zero-order valence-electron chi connectivity index (χ0n) is 13.2. The molecule has 4 nitrogen and oxygen atoms in total. The second-order valence-electron chi connectivity index (χ2n) is 6.24. The minimum atomic E-state index is 0.358. The molecule has 0 bridgehead atoms. The molecule has 4 heteroatoms. The van der Waals surface area contributed by atoms with Gasteiger partial charge in [-0.15, -0.1) is 0 Å². The summed E-state index contributed by atoms with van der Waals surface area (Å²) in [6.07, 6.45) is 5.40. The van der Waals surface area contributed by atoms with Crippen molar-refractivity contribution in [1.82, 2.24) is 10.2 Å². The topological polar surface area (TPSA) is 41.6 Å². The van der Waals surface area contributed by atoms with Crippen molar-refractivity contribution in [1.29, 1.82) is 0 Å². The van der Waals surface area contributed by atoms with Crippen LogP contribution in [-0.4, -0.2) is 48.7 Å². The zero-order chi connectivity index (χ0) is 14.5. The second-order valence-corrected chi connectivity index (χ2v) is 6.24. The van der Waals surface area contributed by atoms with Gasteiger partial charge in [-0.3, -0.25) is 4.79 Å². The van der Waals surface area contributed by atoms with Gasteiger partial charge in [-0.25, -0.2) is 0 Å². The van der Waals surface area contributed by atoms with Crippen molar-refractivity contribution in [3.05, 3.63) is 0 Å². The third-order valence-electron chi connectivity index (χ3n) is 4.84. The number of piperazine rings is 1. The number of nitrogens with zero attached hydrogens (tertiary/aromatic N) is 1. The lowest BCUT2D eigenvalue weighted by Crippen LogP contribution is -2.58. The molecular formula is C16H30N2O2. The van der Waals surface area contributed by atoms with Crippen LogP contribution in [0.3, 0.4) is 0 Å². The number of rotatable bonds is 6. The minimum Gasteiger partial charge on any atom is -0.378 e. The first-order chi connectivity index (χ1) is 9.67. The van der Waals surface area contributed by atoms with Crippen LogP contribution in [0.25, 0.3) is 0 Å². The fourth-order valence-electron chi connectivity index (χ4n) is 3.38. The summed E-state index contributed by atoms with van der Waals surface area (Å²) in [6, 6.07) is 0.854. The SMILES string of the molecule is CCOC1CC(CC(=O)N2CC(CC)NCC2CC)C1. The van der Waals surface area contributed by atoms with Crippen LogP contribution in [0.1, 0.15) is 52.9 Å². The van der Waals surface area contributed by atoms with Gasteiger partial charge < -0.3 is 15.0 Å². The summed E-state index contributed by atoms with van der Waals surface area (Å²) < 4.78 is 5.58. The van der Waals surface area contributed by atoms with Crippen molar-refractivity contribution in [2.45, 2.75) is 71.1 Å². The molecule has 1 N–H and O–H groups in total. The van der Waals surface area contributed by atoms with Gasteiger partial charge >= 0.3 is 0 Å². The molecule has 0 aromatic heterocycles. The first-order valence-corrected chi connectivity index (χ1v) is 8.32. The van der Waals surface area contributed by atoms with Crippen LogP contribution >= 0.6 is 0 Å². The van der Waals surface area contributed by atoms with Gasteiger partial charge in [-0.05, 0) is 38.5 Å². The van der Waals surface area contributed by atoms with Gasteiger partial charge in [0.25, 0.3) is 0 Å². The summed E-state index contributed by atoms with van der Waals surface area (Å²) in [5, 5.41) is 3.55. The van der Waals surface area contributed by atoms with Crippen LogP contribution in [0.4, 0.5) is 0 Å². The number of carbonyl (C=O) groups excluding carboxylic acids is 1. The maximum atomic E-state index is 12.6. The molecule has 2 atom stereocenters. The van der Waals surface area contributed by atoms with Crippen molar-refractivity contribution in [2.75, 3.05) is 19.7 Å². The number of nitrogens with one attached hydrogen (secondary N) is 1. The molecule has 1 saturated heterocycles. The van der Waals surface area contributed by atoms with Crippen molar-refractivity contribution >= 4 is 5.91 Å². The Morgan fingerprint density at radius 3 is 2.60 bits per heavy atom. The lowest BCUT2D eigenvalue weighted by Gasteiger charge is -2.42. The highest BCUT2D eigenvalue weighted by atomic mass is 16.5. The molecule has 1 aliphatic heterocycles. The molecule has 1 amide bonds. The molecule has 0 radical (unpaired) electrons. The van der Waals surface area contributed by atoms with Gasteiger partial charge in [0.2, 0.25) is 5.91 Å². The minimum absolute atomic E-state index is 0.358. The number of hydrogen-bond donors (Lipinski definition) is 1. The Labute approximate surface area is 123 Å². The van der Waals surface area contributed by atoms with Crippen LogP contribution in [0.2, 0.25) is 0 Å². The van der Waals surface area contributed by atoms with E-state index in [0.29, 0.717) is 30.0 Å². The number of hydrogen-bond acceptors (Lipinski definition) is 3. The van der Waals surface area contributed by atoms with Gasteiger partial charge in [0.1, 0.15) is 0 Å². The predicted octanol–water partition coefficient (Wildman–Crippen LogP) is 2.18. The summed E-state index contributed by atoms with van der Waals surface area (Å²) in [5.41, 5.74) is 0. The van der Waals surface area contributed by atoms with E-state index >= 15 is 0 Å². The molecule has 116 valence electrons. The lowest BCUT2D eigenvalue weighted by atomic mass is 9.79. The third-order valence-corrected chi connectivity index (χ3v) is 4.84. The lowest BCUT2D eigenvalue weighted by molar-refractivity contribution is -0.138. The standard InChI is InChI=1S/C16H30N2O2/c1-4-13-11-18(14(5-2)10-17-13)16(19)9-12-7-15(8-12)20-6-3/h12-15,17H,4-11H2,1-3H3. The highest BCUT2D eigenvalue weighted by Crippen LogP contribution is 2.33. The van der Waals surface area contributed by atoms with Gasteiger partial charge in [0.15, 0.2) is 0 Å². The van der Waals surface area contributed by atoms with E-state index in [1.165, 1.54) is 0 Å². The summed E-state index contributed by atoms with van der Waals surface area (Å²) in [5.74, 6) is 0.906. The van der Waals surface area contributed by atoms with Gasteiger partial charge in [-0.2, -0.15) is 0 Å². The molecule has 20 heavy (non-hydrogen) atoms. The summed E-state index contributed by atoms with van der Waals surface area (Å²) in [7, 11) is 0. The smallest absolute Gasteiger partial charge is 0.223 e. The normalized spacial score (nSPS) is 33.9. The average molecular weight is 282 g/mol. The van der Waals surface area contributed by atoms with Crippen LogP contribution in [0, 0.1) is 5.92 Å². The Hall–Kier alpha value is -0.610. The summed E-state index contributed by atoms with van der Waals surface area (Å²) >= 11 is 0. The van der Waals surface area contributed by atoms with Crippen molar-refractivity contribution in [3.63, 3.8) is 0 Å². The fraction of sp³-hybridized carbons (Fsp3) is 0.938. The largest absolute Gasteiger partial charge is 0.378 e. The van der Waals surface area contributed by atoms with E-state index in [9.17, 15) is 4.79 Å². The van der Waals surface area contributed by atoms with Crippen molar-refractivity contribution < 1.29 is 9.53 Å². The van der Waals surface area contributed by atoms with E-state index in [1.807, 2.05) is 6.92 Å². The van der Waals surface area contributed by atoms with Gasteiger partial charge in [0.05, 0.1) is 6.10 Å².